The summed E-state index contributed by atoms with van der Waals surface area (Å²) in [5.74, 6) is -0.715. The highest BCUT2D eigenvalue weighted by atomic mass is 32.2. The molecule has 0 saturated carbocycles. The van der Waals surface area contributed by atoms with Crippen LogP contribution < -0.4 is 16.0 Å². The first kappa shape index (κ1) is 15.8. The van der Waals surface area contributed by atoms with Crippen LogP contribution in [-0.2, 0) is 21.2 Å². The number of para-hydroxylation sites is 1. The van der Waals surface area contributed by atoms with Crippen molar-refractivity contribution in [1.29, 1.82) is 0 Å². The molecule has 0 aliphatic carbocycles. The number of benzene rings is 1. The van der Waals surface area contributed by atoms with Gasteiger partial charge in [-0.05, 0) is 11.6 Å². The fourth-order valence-electron chi connectivity index (χ4n) is 2.37. The average Bonchev–Trinajstić information content (AvgIpc) is 2.65. The van der Waals surface area contributed by atoms with Gasteiger partial charge >= 0.3 is 0 Å². The third kappa shape index (κ3) is 4.71. The SMILES string of the molecule is NC(=O)CCS(=O)(=O)CCN1CCNCc2ccccc21. The number of nitrogens with one attached hydrogen (secondary N) is 1. The fourth-order valence-corrected chi connectivity index (χ4v) is 3.58. The predicted octanol–water partition coefficient (Wildman–Crippen LogP) is -0.114. The van der Waals surface area contributed by atoms with Crippen LogP contribution in [0.4, 0.5) is 5.69 Å². The van der Waals surface area contributed by atoms with Gasteiger partial charge in [-0.25, -0.2) is 8.42 Å². The second kappa shape index (κ2) is 6.91. The molecule has 0 atom stereocenters. The Labute approximate surface area is 125 Å². The maximum absolute atomic E-state index is 11.9. The number of amides is 1. The Morgan fingerprint density at radius 1 is 1.29 bits per heavy atom. The van der Waals surface area contributed by atoms with E-state index in [2.05, 4.69) is 10.2 Å². The Kier molecular flexibility index (Phi) is 5.19. The summed E-state index contributed by atoms with van der Waals surface area (Å²) in [6.45, 7) is 2.80. The number of rotatable bonds is 6. The van der Waals surface area contributed by atoms with Crippen molar-refractivity contribution < 1.29 is 13.2 Å². The Bertz CT molecular complexity index is 601. The van der Waals surface area contributed by atoms with E-state index in [0.29, 0.717) is 6.54 Å². The van der Waals surface area contributed by atoms with Gasteiger partial charge in [0, 0.05) is 38.3 Å². The van der Waals surface area contributed by atoms with Gasteiger partial charge < -0.3 is 16.0 Å². The minimum Gasteiger partial charge on any atom is -0.370 e. The van der Waals surface area contributed by atoms with Crippen LogP contribution in [0.2, 0.25) is 0 Å². The molecule has 0 aromatic heterocycles. The highest BCUT2D eigenvalue weighted by Gasteiger charge is 2.18. The predicted molar refractivity (Wildman–Crippen MR) is 82.8 cm³/mol. The molecule has 0 radical (unpaired) electrons. The van der Waals surface area contributed by atoms with Crippen LogP contribution in [0.1, 0.15) is 12.0 Å². The maximum Gasteiger partial charge on any atom is 0.218 e. The smallest absolute Gasteiger partial charge is 0.218 e. The Morgan fingerprint density at radius 2 is 2.05 bits per heavy atom. The molecule has 116 valence electrons. The third-order valence-electron chi connectivity index (χ3n) is 3.54. The molecular weight excluding hydrogens is 290 g/mol. The van der Waals surface area contributed by atoms with E-state index in [4.69, 9.17) is 5.73 Å². The van der Waals surface area contributed by atoms with Crippen molar-refractivity contribution in [2.75, 3.05) is 36.0 Å². The van der Waals surface area contributed by atoms with Crippen LogP contribution >= 0.6 is 0 Å². The van der Waals surface area contributed by atoms with Crippen LogP contribution in [0.5, 0.6) is 0 Å². The second-order valence-corrected chi connectivity index (χ2v) is 7.46. The summed E-state index contributed by atoms with van der Waals surface area (Å²) in [5.41, 5.74) is 7.25. The summed E-state index contributed by atoms with van der Waals surface area (Å²) in [5, 5.41) is 3.32. The van der Waals surface area contributed by atoms with Gasteiger partial charge in [0.05, 0.1) is 11.5 Å². The van der Waals surface area contributed by atoms with Crippen LogP contribution in [0.15, 0.2) is 24.3 Å². The van der Waals surface area contributed by atoms with Crippen molar-refractivity contribution in [3.8, 4) is 0 Å². The van der Waals surface area contributed by atoms with Gasteiger partial charge in [-0.15, -0.1) is 0 Å². The lowest BCUT2D eigenvalue weighted by molar-refractivity contribution is -0.117. The van der Waals surface area contributed by atoms with Crippen LogP contribution in [0.3, 0.4) is 0 Å². The van der Waals surface area contributed by atoms with Crippen molar-refractivity contribution >= 4 is 21.4 Å². The minimum atomic E-state index is -3.25. The largest absolute Gasteiger partial charge is 0.370 e. The highest BCUT2D eigenvalue weighted by Crippen LogP contribution is 2.21. The molecule has 1 heterocycles. The maximum atomic E-state index is 11.9. The molecule has 1 aliphatic heterocycles. The first-order valence-corrected chi connectivity index (χ1v) is 8.82. The summed E-state index contributed by atoms with van der Waals surface area (Å²) < 4.78 is 23.9. The lowest BCUT2D eigenvalue weighted by Crippen LogP contribution is -2.34. The van der Waals surface area contributed by atoms with Crippen molar-refractivity contribution in [2.24, 2.45) is 5.73 Å². The van der Waals surface area contributed by atoms with Crippen LogP contribution in [-0.4, -0.2) is 45.5 Å². The van der Waals surface area contributed by atoms with Gasteiger partial charge in [0.25, 0.3) is 0 Å². The Morgan fingerprint density at radius 3 is 2.81 bits per heavy atom. The van der Waals surface area contributed by atoms with E-state index in [9.17, 15) is 13.2 Å². The van der Waals surface area contributed by atoms with Gasteiger partial charge in [0.2, 0.25) is 5.91 Å². The molecule has 1 aromatic rings. The molecule has 2 rings (SSSR count). The first-order valence-electron chi connectivity index (χ1n) is 7.00. The van der Waals surface area contributed by atoms with E-state index >= 15 is 0 Å². The highest BCUT2D eigenvalue weighted by molar-refractivity contribution is 7.91. The molecule has 1 aliphatic rings. The zero-order chi connectivity index (χ0) is 15.3. The van der Waals surface area contributed by atoms with Crippen molar-refractivity contribution in [2.45, 2.75) is 13.0 Å². The number of sulfone groups is 1. The lowest BCUT2D eigenvalue weighted by atomic mass is 10.1. The average molecular weight is 311 g/mol. The molecule has 0 saturated heterocycles. The summed E-state index contributed by atoms with van der Waals surface area (Å²) in [4.78, 5) is 12.8. The van der Waals surface area contributed by atoms with Crippen molar-refractivity contribution in [3.63, 3.8) is 0 Å². The summed E-state index contributed by atoms with van der Waals surface area (Å²) in [6.07, 6.45) is -0.111. The van der Waals surface area contributed by atoms with E-state index in [1.165, 1.54) is 5.56 Å². The topological polar surface area (TPSA) is 92.5 Å². The number of carbonyl (C=O) groups is 1. The third-order valence-corrected chi connectivity index (χ3v) is 5.17. The standard InChI is InChI=1S/C14H21N3O3S/c15-14(18)5-9-21(19,20)10-8-17-7-6-16-11-12-3-1-2-4-13(12)17/h1-4,16H,5-11H2,(H2,15,18). The molecule has 1 aromatic carbocycles. The molecule has 0 bridgehead atoms. The molecular formula is C14H21N3O3S. The summed E-state index contributed by atoms with van der Waals surface area (Å²) in [6, 6.07) is 7.99. The number of carbonyl (C=O) groups excluding carboxylic acids is 1. The summed E-state index contributed by atoms with van der Waals surface area (Å²) >= 11 is 0. The van der Waals surface area contributed by atoms with Crippen molar-refractivity contribution in [3.05, 3.63) is 29.8 Å². The quantitative estimate of drug-likeness (QED) is 0.764. The van der Waals surface area contributed by atoms with E-state index in [1.807, 2.05) is 24.3 Å². The van der Waals surface area contributed by atoms with Gasteiger partial charge in [-0.1, -0.05) is 18.2 Å². The lowest BCUT2D eigenvalue weighted by Gasteiger charge is -2.24. The number of fused-ring (bicyclic) bond motifs is 1. The van der Waals surface area contributed by atoms with E-state index in [1.54, 1.807) is 0 Å². The monoisotopic (exact) mass is 311 g/mol. The fraction of sp³-hybridized carbons (Fsp3) is 0.500. The Hall–Kier alpha value is -1.60. The molecule has 21 heavy (non-hydrogen) atoms. The number of hydrogen-bond acceptors (Lipinski definition) is 5. The molecule has 3 N–H and O–H groups in total. The first-order chi connectivity index (χ1) is 9.98. The molecule has 0 spiro atoms. The molecule has 6 nitrogen and oxygen atoms in total. The number of primary amides is 1. The van der Waals surface area contributed by atoms with Crippen LogP contribution in [0.25, 0.3) is 0 Å². The molecule has 1 amide bonds. The molecule has 0 unspecified atom stereocenters. The zero-order valence-corrected chi connectivity index (χ0v) is 12.7. The van der Waals surface area contributed by atoms with Gasteiger partial charge in [0.1, 0.15) is 0 Å². The van der Waals surface area contributed by atoms with Gasteiger partial charge in [-0.2, -0.15) is 0 Å². The number of nitrogens with zero attached hydrogens (tertiary/aromatic N) is 1. The van der Waals surface area contributed by atoms with Crippen LogP contribution in [0, 0.1) is 0 Å². The van der Waals surface area contributed by atoms with Gasteiger partial charge in [0.15, 0.2) is 9.84 Å². The number of anilines is 1. The van der Waals surface area contributed by atoms with Crippen molar-refractivity contribution in [1.82, 2.24) is 5.32 Å². The minimum absolute atomic E-state index is 0.0363. The normalized spacial score (nSPS) is 15.3. The van der Waals surface area contributed by atoms with E-state index in [-0.39, 0.29) is 17.9 Å². The molecule has 0 fully saturated rings. The van der Waals surface area contributed by atoms with E-state index < -0.39 is 15.7 Å². The second-order valence-electron chi connectivity index (χ2n) is 5.16. The Balaban J connectivity index is 2.01. The number of nitrogens with two attached hydrogens (primary N) is 1. The van der Waals surface area contributed by atoms with Gasteiger partial charge in [-0.3, -0.25) is 4.79 Å². The van der Waals surface area contributed by atoms with E-state index in [0.717, 1.165) is 25.3 Å². The number of hydrogen-bond donors (Lipinski definition) is 2. The zero-order valence-electron chi connectivity index (χ0n) is 11.9. The summed E-state index contributed by atoms with van der Waals surface area (Å²) in [7, 11) is -3.25. The molecule has 7 heteroatoms.